The molecule has 1 aromatic carbocycles. The fourth-order valence-corrected chi connectivity index (χ4v) is 11.6. The van der Waals surface area contributed by atoms with Crippen LogP contribution in [0.3, 0.4) is 0 Å². The highest BCUT2D eigenvalue weighted by Crippen LogP contribution is 2.48. The SMILES string of the molecule is COC1(c2ccc(Cl)c(O[Si](C(C)C)(C(C)C)C(C)C)c2)O[C@H](COC(C)=O)[C@@H](OC(C)=O)[C@H](OC(C)=O)[C@H]1OC(C)=O. The lowest BCUT2D eigenvalue weighted by Crippen LogP contribution is -2.67. The Balaban J connectivity index is 2.86. The van der Waals surface area contributed by atoms with Gasteiger partial charge in [0, 0.05) is 40.4 Å². The van der Waals surface area contributed by atoms with Crippen LogP contribution in [0.25, 0.3) is 0 Å². The second kappa shape index (κ2) is 14.9. The summed E-state index contributed by atoms with van der Waals surface area (Å²) in [4.78, 5) is 48.7. The minimum absolute atomic E-state index is 0.231. The summed E-state index contributed by atoms with van der Waals surface area (Å²) in [5, 5.41) is 0.347. The Morgan fingerprint density at radius 3 is 1.79 bits per heavy atom. The number of carbonyl (C=O) groups is 4. The van der Waals surface area contributed by atoms with Crippen LogP contribution >= 0.6 is 11.6 Å². The summed E-state index contributed by atoms with van der Waals surface area (Å²) >= 11 is 6.70. The molecule has 11 nitrogen and oxygen atoms in total. The predicted molar refractivity (Wildman–Crippen MR) is 160 cm³/mol. The standard InChI is InChI=1S/C30H45ClO11Si/c1-16(2)43(17(3)4,18(5)6)42-25-14-23(12-13-24(25)31)30(36-11)29(40-22(10)35)28(39-21(9)34)27(38-20(8)33)26(41-30)15-37-19(7)32/h12-14,16-18,26-29H,15H2,1-11H3/t26-,27-,28+,29-,30?/m1/s1. The van der Waals surface area contributed by atoms with Gasteiger partial charge in [0.05, 0.1) is 5.02 Å². The van der Waals surface area contributed by atoms with E-state index in [4.69, 9.17) is 44.4 Å². The Morgan fingerprint density at radius 2 is 1.35 bits per heavy atom. The Hall–Kier alpha value is -2.67. The molecule has 1 unspecified atom stereocenters. The highest BCUT2D eigenvalue weighted by molar-refractivity contribution is 6.78. The normalized spacial score (nSPS) is 24.1. The van der Waals surface area contributed by atoms with Crippen LogP contribution in [0, 0.1) is 0 Å². The lowest BCUT2D eigenvalue weighted by molar-refractivity contribution is -0.367. The van der Waals surface area contributed by atoms with Crippen molar-refractivity contribution in [3.05, 3.63) is 28.8 Å². The molecule has 1 saturated heterocycles. The van der Waals surface area contributed by atoms with Gasteiger partial charge in [-0.05, 0) is 28.8 Å². The van der Waals surface area contributed by atoms with E-state index in [0.29, 0.717) is 16.3 Å². The molecule has 43 heavy (non-hydrogen) atoms. The van der Waals surface area contributed by atoms with E-state index in [0.717, 1.165) is 13.8 Å². The van der Waals surface area contributed by atoms with Gasteiger partial charge >= 0.3 is 23.9 Å². The summed E-state index contributed by atoms with van der Waals surface area (Å²) in [7, 11) is -1.17. The molecule has 5 atom stereocenters. The van der Waals surface area contributed by atoms with Crippen LogP contribution in [-0.4, -0.2) is 70.3 Å². The maximum atomic E-state index is 12.4. The number of methoxy groups -OCH3 is 1. The zero-order chi connectivity index (χ0) is 32.9. The van der Waals surface area contributed by atoms with Crippen LogP contribution in [0.15, 0.2) is 18.2 Å². The molecular weight excluding hydrogens is 600 g/mol. The fraction of sp³-hybridized carbons (Fsp3) is 0.667. The molecule has 0 radical (unpaired) electrons. The molecule has 0 aliphatic carbocycles. The highest BCUT2D eigenvalue weighted by atomic mass is 35.5. The second-order valence-corrected chi connectivity index (χ2v) is 17.4. The number of rotatable bonds is 12. The van der Waals surface area contributed by atoms with Gasteiger partial charge in [0.25, 0.3) is 8.32 Å². The van der Waals surface area contributed by atoms with E-state index in [9.17, 15) is 19.2 Å². The molecule has 0 N–H and O–H groups in total. The fourth-order valence-electron chi connectivity index (χ4n) is 6.12. The number of ether oxygens (including phenoxy) is 6. The van der Waals surface area contributed by atoms with Crippen molar-refractivity contribution in [3.8, 4) is 5.75 Å². The van der Waals surface area contributed by atoms with Crippen LogP contribution < -0.4 is 4.43 Å². The molecule has 1 aliphatic heterocycles. The first-order valence-corrected chi connectivity index (χ1v) is 16.8. The quantitative estimate of drug-likeness (QED) is 0.163. The van der Waals surface area contributed by atoms with E-state index in [1.807, 2.05) is 0 Å². The summed E-state index contributed by atoms with van der Waals surface area (Å²) in [5.74, 6) is -4.43. The van der Waals surface area contributed by atoms with Gasteiger partial charge in [-0.1, -0.05) is 59.2 Å². The Labute approximate surface area is 259 Å². The monoisotopic (exact) mass is 644 g/mol. The van der Waals surface area contributed by atoms with Crippen LogP contribution in [-0.2, 0) is 53.4 Å². The van der Waals surface area contributed by atoms with E-state index in [1.54, 1.807) is 18.2 Å². The molecule has 2 rings (SSSR count). The maximum Gasteiger partial charge on any atom is 0.303 e. The van der Waals surface area contributed by atoms with Gasteiger partial charge in [0.1, 0.15) is 18.5 Å². The van der Waals surface area contributed by atoms with Gasteiger partial charge in [-0.25, -0.2) is 0 Å². The van der Waals surface area contributed by atoms with Crippen molar-refractivity contribution >= 4 is 43.8 Å². The van der Waals surface area contributed by atoms with Gasteiger partial charge in [-0.3, -0.25) is 19.2 Å². The third kappa shape index (κ3) is 8.08. The van der Waals surface area contributed by atoms with Gasteiger partial charge in [0.2, 0.25) is 11.9 Å². The number of benzene rings is 1. The molecule has 0 amide bonds. The third-order valence-corrected chi connectivity index (χ3v) is 14.0. The first-order valence-electron chi connectivity index (χ1n) is 14.3. The molecule has 13 heteroatoms. The third-order valence-electron chi connectivity index (χ3n) is 7.67. The van der Waals surface area contributed by atoms with Crippen molar-refractivity contribution in [2.45, 2.75) is 116 Å². The van der Waals surface area contributed by atoms with Gasteiger partial charge in [0.15, 0.2) is 12.2 Å². The van der Waals surface area contributed by atoms with E-state index in [2.05, 4.69) is 41.5 Å². The summed E-state index contributed by atoms with van der Waals surface area (Å²) in [6.45, 7) is 17.1. The number of esters is 4. The molecule has 0 saturated carbocycles. The number of hydrogen-bond donors (Lipinski definition) is 0. The molecule has 1 aromatic rings. The summed E-state index contributed by atoms with van der Waals surface area (Å²) in [6, 6.07) is 4.87. The lowest BCUT2D eigenvalue weighted by atomic mass is 9.87. The van der Waals surface area contributed by atoms with Crippen molar-refractivity contribution in [1.29, 1.82) is 0 Å². The Bertz CT molecular complexity index is 1150. The largest absolute Gasteiger partial charge is 0.542 e. The molecule has 1 fully saturated rings. The van der Waals surface area contributed by atoms with Gasteiger partial charge in [-0.15, -0.1) is 0 Å². The summed E-state index contributed by atoms with van der Waals surface area (Å²) in [6.07, 6.45) is -5.44. The lowest BCUT2D eigenvalue weighted by Gasteiger charge is -2.50. The van der Waals surface area contributed by atoms with Crippen molar-refractivity contribution in [3.63, 3.8) is 0 Å². The Kier molecular flexibility index (Phi) is 12.6. The molecular formula is C30H45ClO11Si. The molecule has 242 valence electrons. The smallest absolute Gasteiger partial charge is 0.303 e. The van der Waals surface area contributed by atoms with Crippen molar-refractivity contribution in [2.75, 3.05) is 13.7 Å². The number of hydrogen-bond acceptors (Lipinski definition) is 11. The number of carbonyl (C=O) groups excluding carboxylic acids is 4. The molecule has 0 spiro atoms. The average molecular weight is 645 g/mol. The van der Waals surface area contributed by atoms with Crippen molar-refractivity contribution < 1.29 is 52.0 Å². The summed E-state index contributed by atoms with van der Waals surface area (Å²) in [5.41, 5.74) is 1.00. The van der Waals surface area contributed by atoms with E-state index in [1.165, 1.54) is 21.0 Å². The first-order chi connectivity index (χ1) is 19.9. The van der Waals surface area contributed by atoms with Gasteiger partial charge in [-0.2, -0.15) is 0 Å². The molecule has 1 heterocycles. The topological polar surface area (TPSA) is 133 Å². The van der Waals surface area contributed by atoms with Crippen LogP contribution in [0.1, 0.15) is 74.8 Å². The van der Waals surface area contributed by atoms with Crippen molar-refractivity contribution in [2.24, 2.45) is 0 Å². The van der Waals surface area contributed by atoms with Crippen molar-refractivity contribution in [1.82, 2.24) is 0 Å². The predicted octanol–water partition coefficient (Wildman–Crippen LogP) is 5.45. The zero-order valence-corrected chi connectivity index (χ0v) is 28.6. The van der Waals surface area contributed by atoms with Crippen LogP contribution in [0.2, 0.25) is 21.6 Å². The highest BCUT2D eigenvalue weighted by Gasteiger charge is 2.62. The molecule has 0 bridgehead atoms. The zero-order valence-electron chi connectivity index (χ0n) is 26.8. The Morgan fingerprint density at radius 1 is 0.837 bits per heavy atom. The van der Waals surface area contributed by atoms with E-state index >= 15 is 0 Å². The minimum atomic E-state index is -2.49. The number of halogens is 1. The maximum absolute atomic E-state index is 12.4. The first kappa shape index (κ1) is 36.5. The molecule has 1 aliphatic rings. The second-order valence-electron chi connectivity index (χ2n) is 11.6. The van der Waals surface area contributed by atoms with Crippen LogP contribution in [0.4, 0.5) is 0 Å². The van der Waals surface area contributed by atoms with Crippen LogP contribution in [0.5, 0.6) is 5.75 Å². The van der Waals surface area contributed by atoms with Gasteiger partial charge < -0.3 is 32.8 Å². The minimum Gasteiger partial charge on any atom is -0.542 e. The van der Waals surface area contributed by atoms with E-state index < -0.39 is 69.0 Å². The molecule has 0 aromatic heterocycles. The summed E-state index contributed by atoms with van der Waals surface area (Å²) < 4.78 is 41.4. The average Bonchev–Trinajstić information content (AvgIpc) is 2.88. The van der Waals surface area contributed by atoms with E-state index in [-0.39, 0.29) is 16.6 Å².